The van der Waals surface area contributed by atoms with Gasteiger partial charge in [-0.2, -0.15) is 0 Å². The molecule has 0 amide bonds. The standard InChI is InChI=1S/C14H14N4O/c1-9-17-13-5-3-10(6-14(13)18-9)15-7-11-2-4-12(19)8-16-11/h2-6,8,15,19H,7H2,1H3,(H,17,18). The topological polar surface area (TPSA) is 73.8 Å². The number of hydrogen-bond donors (Lipinski definition) is 3. The predicted octanol–water partition coefficient (Wildman–Crippen LogP) is 2.58. The normalized spacial score (nSPS) is 10.8. The number of aromatic hydroxyl groups is 1. The number of anilines is 1. The molecular formula is C14H14N4O. The van der Waals surface area contributed by atoms with E-state index in [0.29, 0.717) is 6.54 Å². The second kappa shape index (κ2) is 4.61. The zero-order valence-electron chi connectivity index (χ0n) is 10.5. The third-order valence-corrected chi connectivity index (χ3v) is 2.88. The molecule has 2 aromatic heterocycles. The lowest BCUT2D eigenvalue weighted by Crippen LogP contribution is -2.00. The van der Waals surface area contributed by atoms with E-state index < -0.39 is 0 Å². The van der Waals surface area contributed by atoms with Gasteiger partial charge >= 0.3 is 0 Å². The van der Waals surface area contributed by atoms with Crippen LogP contribution in [0.25, 0.3) is 11.0 Å². The highest BCUT2D eigenvalue weighted by Gasteiger charge is 2.01. The van der Waals surface area contributed by atoms with Crippen molar-refractivity contribution < 1.29 is 5.11 Å². The van der Waals surface area contributed by atoms with Crippen LogP contribution in [0.3, 0.4) is 0 Å². The van der Waals surface area contributed by atoms with Crippen molar-refractivity contribution in [3.63, 3.8) is 0 Å². The number of pyridine rings is 1. The summed E-state index contributed by atoms with van der Waals surface area (Å²) in [5.41, 5.74) is 3.86. The summed E-state index contributed by atoms with van der Waals surface area (Å²) in [4.78, 5) is 11.7. The van der Waals surface area contributed by atoms with Crippen molar-refractivity contribution in [2.24, 2.45) is 0 Å². The zero-order valence-corrected chi connectivity index (χ0v) is 10.5. The van der Waals surface area contributed by atoms with Crippen molar-refractivity contribution in [1.82, 2.24) is 15.0 Å². The van der Waals surface area contributed by atoms with Gasteiger partial charge < -0.3 is 15.4 Å². The number of benzene rings is 1. The first-order chi connectivity index (χ1) is 9.20. The number of hydrogen-bond acceptors (Lipinski definition) is 4. The van der Waals surface area contributed by atoms with Crippen molar-refractivity contribution in [2.75, 3.05) is 5.32 Å². The minimum atomic E-state index is 0.179. The molecule has 19 heavy (non-hydrogen) atoms. The second-order valence-corrected chi connectivity index (χ2v) is 4.42. The Balaban J connectivity index is 1.75. The fourth-order valence-electron chi connectivity index (χ4n) is 1.96. The van der Waals surface area contributed by atoms with E-state index in [1.807, 2.05) is 25.1 Å². The lowest BCUT2D eigenvalue weighted by Gasteiger charge is -2.05. The van der Waals surface area contributed by atoms with Crippen LogP contribution >= 0.6 is 0 Å². The van der Waals surface area contributed by atoms with E-state index in [1.54, 1.807) is 12.1 Å². The van der Waals surface area contributed by atoms with Crippen molar-refractivity contribution in [1.29, 1.82) is 0 Å². The van der Waals surface area contributed by atoms with E-state index in [2.05, 4.69) is 20.3 Å². The third kappa shape index (κ3) is 2.49. The maximum absolute atomic E-state index is 9.17. The number of aromatic amines is 1. The van der Waals surface area contributed by atoms with Crippen LogP contribution < -0.4 is 5.32 Å². The zero-order chi connectivity index (χ0) is 13.2. The summed E-state index contributed by atoms with van der Waals surface area (Å²) in [6, 6.07) is 9.41. The SMILES string of the molecule is Cc1nc2ccc(NCc3ccc(O)cn3)cc2[nH]1. The van der Waals surface area contributed by atoms with Gasteiger partial charge in [0.15, 0.2) is 0 Å². The van der Waals surface area contributed by atoms with E-state index >= 15 is 0 Å². The molecule has 5 nitrogen and oxygen atoms in total. The van der Waals surface area contributed by atoms with Gasteiger partial charge in [0, 0.05) is 5.69 Å². The fraction of sp³-hybridized carbons (Fsp3) is 0.143. The molecule has 0 bridgehead atoms. The fourth-order valence-corrected chi connectivity index (χ4v) is 1.96. The van der Waals surface area contributed by atoms with Crippen LogP contribution in [0.15, 0.2) is 36.5 Å². The lowest BCUT2D eigenvalue weighted by atomic mass is 10.2. The predicted molar refractivity (Wildman–Crippen MR) is 74.1 cm³/mol. The first-order valence-electron chi connectivity index (χ1n) is 6.05. The second-order valence-electron chi connectivity index (χ2n) is 4.42. The molecule has 0 aliphatic carbocycles. The summed E-state index contributed by atoms with van der Waals surface area (Å²) in [6.45, 7) is 2.55. The van der Waals surface area contributed by atoms with Crippen molar-refractivity contribution in [3.8, 4) is 5.75 Å². The number of nitrogens with one attached hydrogen (secondary N) is 2. The molecular weight excluding hydrogens is 240 g/mol. The van der Waals surface area contributed by atoms with Crippen molar-refractivity contribution in [3.05, 3.63) is 48.0 Å². The lowest BCUT2D eigenvalue weighted by molar-refractivity contribution is 0.472. The highest BCUT2D eigenvalue weighted by atomic mass is 16.3. The molecule has 0 unspecified atom stereocenters. The first kappa shape index (κ1) is 11.5. The minimum Gasteiger partial charge on any atom is -0.506 e. The number of H-pyrrole nitrogens is 1. The molecule has 0 saturated carbocycles. The summed E-state index contributed by atoms with van der Waals surface area (Å²) >= 11 is 0. The van der Waals surface area contributed by atoms with Crippen molar-refractivity contribution >= 4 is 16.7 Å². The monoisotopic (exact) mass is 254 g/mol. The number of rotatable bonds is 3. The molecule has 0 atom stereocenters. The van der Waals surface area contributed by atoms with Crippen LogP contribution in [0.1, 0.15) is 11.5 Å². The molecule has 0 radical (unpaired) electrons. The largest absolute Gasteiger partial charge is 0.506 e. The molecule has 2 heterocycles. The van der Waals surface area contributed by atoms with Crippen LogP contribution in [-0.2, 0) is 6.54 Å². The number of aryl methyl sites for hydroxylation is 1. The molecule has 1 aromatic carbocycles. The highest BCUT2D eigenvalue weighted by molar-refractivity contribution is 5.79. The molecule has 3 N–H and O–H groups in total. The van der Waals surface area contributed by atoms with E-state index in [9.17, 15) is 0 Å². The summed E-state index contributed by atoms with van der Waals surface area (Å²) in [7, 11) is 0. The van der Waals surface area contributed by atoms with E-state index in [1.165, 1.54) is 6.20 Å². The number of imidazole rings is 1. The molecule has 3 rings (SSSR count). The maximum atomic E-state index is 9.17. The van der Waals surface area contributed by atoms with Crippen LogP contribution in [0, 0.1) is 6.92 Å². The van der Waals surface area contributed by atoms with Gasteiger partial charge in [-0.1, -0.05) is 0 Å². The Labute approximate surface area is 110 Å². The Hall–Kier alpha value is -2.56. The molecule has 0 fully saturated rings. The number of nitrogens with zero attached hydrogens (tertiary/aromatic N) is 2. The van der Waals surface area contributed by atoms with Gasteiger partial charge in [0.2, 0.25) is 0 Å². The van der Waals surface area contributed by atoms with Crippen molar-refractivity contribution in [2.45, 2.75) is 13.5 Å². The number of aromatic nitrogens is 3. The molecule has 0 spiro atoms. The Morgan fingerprint density at radius 2 is 2.16 bits per heavy atom. The summed E-state index contributed by atoms with van der Waals surface area (Å²) in [6.07, 6.45) is 1.44. The molecule has 0 aliphatic rings. The van der Waals surface area contributed by atoms with Gasteiger partial charge in [0.25, 0.3) is 0 Å². The van der Waals surface area contributed by atoms with E-state index in [-0.39, 0.29) is 5.75 Å². The Morgan fingerprint density at radius 3 is 2.95 bits per heavy atom. The highest BCUT2D eigenvalue weighted by Crippen LogP contribution is 2.17. The average Bonchev–Trinajstić information content (AvgIpc) is 2.77. The third-order valence-electron chi connectivity index (χ3n) is 2.88. The Kier molecular flexibility index (Phi) is 2.79. The van der Waals surface area contributed by atoms with Gasteiger partial charge in [0.1, 0.15) is 11.6 Å². The maximum Gasteiger partial charge on any atom is 0.133 e. The Bertz CT molecular complexity index is 703. The van der Waals surface area contributed by atoms with Gasteiger partial charge in [-0.05, 0) is 37.3 Å². The van der Waals surface area contributed by atoms with Crippen LogP contribution in [0.5, 0.6) is 5.75 Å². The number of fused-ring (bicyclic) bond motifs is 1. The van der Waals surface area contributed by atoms with Crippen LogP contribution in [0.2, 0.25) is 0 Å². The average molecular weight is 254 g/mol. The quantitative estimate of drug-likeness (QED) is 0.671. The first-order valence-corrected chi connectivity index (χ1v) is 6.05. The van der Waals surface area contributed by atoms with Gasteiger partial charge in [-0.25, -0.2) is 4.98 Å². The van der Waals surface area contributed by atoms with Crippen LogP contribution in [-0.4, -0.2) is 20.1 Å². The van der Waals surface area contributed by atoms with E-state index in [0.717, 1.165) is 28.2 Å². The van der Waals surface area contributed by atoms with E-state index in [4.69, 9.17) is 5.11 Å². The smallest absolute Gasteiger partial charge is 0.133 e. The van der Waals surface area contributed by atoms with Gasteiger partial charge in [-0.3, -0.25) is 4.98 Å². The molecule has 0 saturated heterocycles. The molecule has 5 heteroatoms. The summed E-state index contributed by atoms with van der Waals surface area (Å²) in [5, 5.41) is 12.5. The molecule has 3 aromatic rings. The van der Waals surface area contributed by atoms with Crippen LogP contribution in [0.4, 0.5) is 5.69 Å². The van der Waals surface area contributed by atoms with Gasteiger partial charge in [-0.15, -0.1) is 0 Å². The summed E-state index contributed by atoms with van der Waals surface area (Å²) < 4.78 is 0. The minimum absolute atomic E-state index is 0.179. The Morgan fingerprint density at radius 1 is 1.26 bits per heavy atom. The molecule has 96 valence electrons. The van der Waals surface area contributed by atoms with Gasteiger partial charge in [0.05, 0.1) is 29.5 Å². The summed E-state index contributed by atoms with van der Waals surface area (Å²) in [5.74, 6) is 1.09. The molecule has 0 aliphatic heterocycles.